The molecule has 0 unspecified atom stereocenters. The molecule has 14 nitrogen and oxygen atoms in total. The second kappa shape index (κ2) is 20.3. The minimum atomic E-state index is -1.98. The number of cyclic esters (lactones) is 1. The second-order valence-corrected chi connectivity index (χ2v) is 18.4. The lowest BCUT2D eigenvalue weighted by atomic mass is 9.72. The third kappa shape index (κ3) is 10.6. The molecule has 3 aliphatic heterocycles. The Morgan fingerprint density at radius 2 is 1.55 bits per heavy atom. The van der Waals surface area contributed by atoms with Crippen LogP contribution in [-0.2, 0) is 49.3 Å². The van der Waals surface area contributed by atoms with E-state index in [4.69, 9.17) is 39.6 Å². The van der Waals surface area contributed by atoms with Crippen molar-refractivity contribution in [1.29, 1.82) is 0 Å². The number of esters is 1. The largest absolute Gasteiger partial charge is 0.459 e. The van der Waals surface area contributed by atoms with E-state index in [0.717, 1.165) is 11.1 Å². The van der Waals surface area contributed by atoms with Gasteiger partial charge in [0.2, 0.25) is 0 Å². The number of Topliss-reactive ketones (excluding diaryl/α,β-unsaturated/α-hetero) is 1. The van der Waals surface area contributed by atoms with E-state index < -0.39 is 108 Å². The summed E-state index contributed by atoms with van der Waals surface area (Å²) < 4.78 is 44.6. The molecule has 340 valence electrons. The number of methoxy groups -OCH3 is 2. The van der Waals surface area contributed by atoms with Crippen molar-refractivity contribution >= 4 is 11.8 Å². The summed E-state index contributed by atoms with van der Waals surface area (Å²) in [4.78, 5) is 30.4. The lowest BCUT2D eigenvalue weighted by Crippen LogP contribution is -2.62. The first kappa shape index (κ1) is 50.1. The number of ketones is 1. The molecule has 18 atom stereocenters. The quantitative estimate of drug-likeness (QED) is 0.196. The minimum absolute atomic E-state index is 0.0788. The lowest BCUT2D eigenvalue weighted by Gasteiger charge is -2.51. The molecule has 0 aliphatic carbocycles. The van der Waals surface area contributed by atoms with Gasteiger partial charge in [-0.2, -0.15) is 0 Å². The molecular formula is C46H73NO13. The van der Waals surface area contributed by atoms with Crippen LogP contribution in [0.15, 0.2) is 24.3 Å². The Labute approximate surface area is 357 Å². The van der Waals surface area contributed by atoms with Crippen molar-refractivity contribution in [2.45, 2.75) is 186 Å². The van der Waals surface area contributed by atoms with Crippen molar-refractivity contribution in [3.63, 3.8) is 0 Å². The van der Waals surface area contributed by atoms with Crippen molar-refractivity contribution in [3.05, 3.63) is 35.4 Å². The molecule has 3 fully saturated rings. The molecule has 1 aromatic rings. The first-order chi connectivity index (χ1) is 28.0. The number of rotatable bonds is 10. The standard InChI is InChI=1S/C46H73NO13/c1-15-31-17-19-32(20-18-31)24-47(12)33-22-26(4)56-43(37(33)49)60-41-28(6)38(59-36-23-44(9,54-13)40(51)30(8)57-36)29(7)42(52)58-35(16-2)45(10,53)39(50)27(5)34(48)21-25(3)46(41,11)55-14/h1,17-20,25-30,33,35-41,43,49-51,53H,16,21-24H2,2-14H3/t25-,26-,27+,28+,29-,30+,33+,35-,36+,37-,38+,39-,40+,41-,43+,44-,45-,46-/m1/s1. The van der Waals surface area contributed by atoms with E-state index in [9.17, 15) is 30.0 Å². The van der Waals surface area contributed by atoms with Crippen LogP contribution in [0.5, 0.6) is 0 Å². The fourth-order valence-corrected chi connectivity index (χ4v) is 9.41. The van der Waals surface area contributed by atoms with Crippen molar-refractivity contribution in [1.82, 2.24) is 4.90 Å². The van der Waals surface area contributed by atoms with Gasteiger partial charge in [0.25, 0.3) is 0 Å². The Morgan fingerprint density at radius 3 is 2.12 bits per heavy atom. The molecule has 60 heavy (non-hydrogen) atoms. The molecule has 0 saturated carbocycles. The number of benzene rings is 1. The molecule has 3 heterocycles. The van der Waals surface area contributed by atoms with E-state index >= 15 is 0 Å². The highest BCUT2D eigenvalue weighted by atomic mass is 16.7. The van der Waals surface area contributed by atoms with E-state index in [-0.39, 0.29) is 31.1 Å². The van der Waals surface area contributed by atoms with E-state index in [0.29, 0.717) is 13.0 Å². The van der Waals surface area contributed by atoms with Gasteiger partial charge in [-0.05, 0) is 85.0 Å². The van der Waals surface area contributed by atoms with Crippen LogP contribution in [0.25, 0.3) is 0 Å². The van der Waals surface area contributed by atoms with Crippen molar-refractivity contribution in [2.75, 3.05) is 21.3 Å². The topological polar surface area (TPSA) is 183 Å². The molecule has 14 heteroatoms. The Bertz CT molecular complexity index is 1620. The number of aliphatic hydroxyl groups excluding tert-OH is 3. The predicted molar refractivity (Wildman–Crippen MR) is 223 cm³/mol. The lowest BCUT2D eigenvalue weighted by molar-refractivity contribution is -0.322. The van der Waals surface area contributed by atoms with Gasteiger partial charge in [-0.15, -0.1) is 6.42 Å². The fourth-order valence-electron chi connectivity index (χ4n) is 9.41. The van der Waals surface area contributed by atoms with Gasteiger partial charge in [0.15, 0.2) is 12.6 Å². The number of terminal acetylenes is 1. The third-order valence-corrected chi connectivity index (χ3v) is 14.0. The van der Waals surface area contributed by atoms with Crippen LogP contribution in [0.4, 0.5) is 0 Å². The molecule has 4 N–H and O–H groups in total. The van der Waals surface area contributed by atoms with Gasteiger partial charge in [0, 0.05) is 57.0 Å². The predicted octanol–water partition coefficient (Wildman–Crippen LogP) is 3.99. The number of hydrogen-bond acceptors (Lipinski definition) is 14. The summed E-state index contributed by atoms with van der Waals surface area (Å²) in [5.74, 6) is -1.87. The van der Waals surface area contributed by atoms with Gasteiger partial charge in [0.1, 0.15) is 29.7 Å². The average Bonchev–Trinajstić information content (AvgIpc) is 3.22. The first-order valence-corrected chi connectivity index (χ1v) is 21.5. The summed E-state index contributed by atoms with van der Waals surface area (Å²) in [7, 11) is 4.94. The Kier molecular flexibility index (Phi) is 17.0. The van der Waals surface area contributed by atoms with Crippen LogP contribution in [0.3, 0.4) is 0 Å². The first-order valence-electron chi connectivity index (χ1n) is 21.5. The van der Waals surface area contributed by atoms with Gasteiger partial charge in [0.05, 0.1) is 47.6 Å². The number of hydrogen-bond donors (Lipinski definition) is 4. The highest BCUT2D eigenvalue weighted by Crippen LogP contribution is 2.43. The number of carbonyl (C=O) groups excluding carboxylic acids is 2. The number of carbonyl (C=O) groups is 2. The molecule has 0 spiro atoms. The second-order valence-electron chi connectivity index (χ2n) is 18.4. The SMILES string of the molecule is C#Cc1ccc(CN(C)[C@H]2C[C@@H](C)O[C@@H](O[C@@H]3[C@@H](C)[C@H](O[C@H]4C[C@@](C)(OC)[C@@H](O)[C@H](C)O4)[C@@H](C)C(=O)O[C@H](CC)[C@@](C)(O)[C@H](O)[C@@H](C)C(=O)C[C@@H](C)[C@@]3(C)OC)[C@@H]2O)cc1. The molecule has 0 radical (unpaired) electrons. The summed E-state index contributed by atoms with van der Waals surface area (Å²) in [6.45, 7) is 17.7. The molecule has 3 saturated heterocycles. The van der Waals surface area contributed by atoms with Crippen LogP contribution in [0, 0.1) is 36.0 Å². The van der Waals surface area contributed by atoms with E-state index in [1.54, 1.807) is 34.6 Å². The number of ether oxygens (including phenoxy) is 7. The molecular weight excluding hydrogens is 774 g/mol. The zero-order chi connectivity index (χ0) is 45.1. The van der Waals surface area contributed by atoms with Gasteiger partial charge in [-0.25, -0.2) is 0 Å². The summed E-state index contributed by atoms with van der Waals surface area (Å²) in [6.07, 6.45) is -3.90. The Balaban J connectivity index is 1.82. The van der Waals surface area contributed by atoms with E-state index in [2.05, 4.69) is 10.8 Å². The number of nitrogens with zero attached hydrogens (tertiary/aromatic N) is 1. The minimum Gasteiger partial charge on any atom is -0.459 e. The van der Waals surface area contributed by atoms with Gasteiger partial charge in [-0.3, -0.25) is 14.5 Å². The van der Waals surface area contributed by atoms with Crippen molar-refractivity contribution in [3.8, 4) is 12.3 Å². The maximum Gasteiger partial charge on any atom is 0.311 e. The molecule has 0 aromatic heterocycles. The van der Waals surface area contributed by atoms with E-state index in [1.807, 2.05) is 59.0 Å². The maximum absolute atomic E-state index is 14.4. The molecule has 0 bridgehead atoms. The molecule has 0 amide bonds. The Morgan fingerprint density at radius 1 is 0.917 bits per heavy atom. The fraction of sp³-hybridized carbons (Fsp3) is 0.783. The average molecular weight is 848 g/mol. The number of aliphatic hydroxyl groups is 4. The summed E-state index contributed by atoms with van der Waals surface area (Å²) in [5.41, 5.74) is -2.57. The zero-order valence-electron chi connectivity index (χ0n) is 38.0. The molecule has 4 rings (SSSR count). The van der Waals surface area contributed by atoms with Gasteiger partial charge in [-0.1, -0.05) is 45.7 Å². The third-order valence-electron chi connectivity index (χ3n) is 14.0. The molecule has 1 aromatic carbocycles. The van der Waals surface area contributed by atoms with Crippen LogP contribution >= 0.6 is 0 Å². The van der Waals surface area contributed by atoms with Crippen molar-refractivity contribution < 1.29 is 63.2 Å². The summed E-state index contributed by atoms with van der Waals surface area (Å²) in [6, 6.07) is 7.28. The highest BCUT2D eigenvalue weighted by molar-refractivity contribution is 5.81. The van der Waals surface area contributed by atoms with Crippen LogP contribution < -0.4 is 0 Å². The van der Waals surface area contributed by atoms with Crippen LogP contribution in [0.2, 0.25) is 0 Å². The number of likely N-dealkylation sites (N-methyl/N-ethyl adjacent to an activating group) is 1. The van der Waals surface area contributed by atoms with Crippen LogP contribution in [0.1, 0.15) is 106 Å². The molecule has 3 aliphatic rings. The normalized spacial score (nSPS) is 43.9. The van der Waals surface area contributed by atoms with E-state index in [1.165, 1.54) is 21.1 Å². The monoisotopic (exact) mass is 848 g/mol. The van der Waals surface area contributed by atoms with Crippen LogP contribution in [-0.4, -0.2) is 143 Å². The summed E-state index contributed by atoms with van der Waals surface area (Å²) in [5, 5.41) is 46.4. The summed E-state index contributed by atoms with van der Waals surface area (Å²) >= 11 is 0. The van der Waals surface area contributed by atoms with Crippen molar-refractivity contribution in [2.24, 2.45) is 23.7 Å². The Hall–Kier alpha value is -2.52. The zero-order valence-corrected chi connectivity index (χ0v) is 38.0. The highest BCUT2D eigenvalue weighted by Gasteiger charge is 2.55. The van der Waals surface area contributed by atoms with Gasteiger partial charge >= 0.3 is 5.97 Å². The maximum atomic E-state index is 14.4. The smallest absolute Gasteiger partial charge is 0.311 e. The van der Waals surface area contributed by atoms with Gasteiger partial charge < -0.3 is 53.6 Å².